The quantitative estimate of drug-likeness (QED) is 0.760. The van der Waals surface area contributed by atoms with Crippen LogP contribution in [0.15, 0.2) is 18.3 Å². The van der Waals surface area contributed by atoms with E-state index in [-0.39, 0.29) is 6.04 Å². The zero-order valence-corrected chi connectivity index (χ0v) is 8.76. The lowest BCUT2D eigenvalue weighted by Gasteiger charge is -2.07. The van der Waals surface area contributed by atoms with Gasteiger partial charge in [-0.3, -0.25) is 9.20 Å². The van der Waals surface area contributed by atoms with Gasteiger partial charge in [-0.2, -0.15) is 0 Å². The maximum atomic E-state index is 10.6. The van der Waals surface area contributed by atoms with Crippen molar-refractivity contribution in [2.24, 2.45) is 0 Å². The van der Waals surface area contributed by atoms with E-state index in [1.165, 1.54) is 6.42 Å². The Balaban J connectivity index is 2.09. The molecule has 1 unspecified atom stereocenters. The Morgan fingerprint density at radius 3 is 3.19 bits per heavy atom. The van der Waals surface area contributed by atoms with Crippen LogP contribution < -0.4 is 5.32 Å². The van der Waals surface area contributed by atoms with Gasteiger partial charge in [0.15, 0.2) is 11.5 Å². The van der Waals surface area contributed by atoms with Gasteiger partial charge in [-0.25, -0.2) is 0 Å². The summed E-state index contributed by atoms with van der Waals surface area (Å²) in [5.41, 5.74) is 1.36. The number of carbonyl (C=O) groups excluding carboxylic acids is 1. The molecule has 3 heterocycles. The molecule has 5 nitrogen and oxygen atoms in total. The van der Waals surface area contributed by atoms with Crippen LogP contribution in [0.3, 0.4) is 0 Å². The van der Waals surface area contributed by atoms with Crippen LogP contribution in [0.1, 0.15) is 35.1 Å². The van der Waals surface area contributed by atoms with Crippen molar-refractivity contribution in [3.8, 4) is 0 Å². The van der Waals surface area contributed by atoms with E-state index in [4.69, 9.17) is 0 Å². The van der Waals surface area contributed by atoms with Crippen LogP contribution in [-0.2, 0) is 0 Å². The van der Waals surface area contributed by atoms with Crippen LogP contribution in [0.4, 0.5) is 0 Å². The summed E-state index contributed by atoms with van der Waals surface area (Å²) in [5.74, 6) is 0.935. The molecule has 2 aromatic heterocycles. The third kappa shape index (κ3) is 1.40. The number of aldehydes is 1. The molecule has 1 atom stereocenters. The van der Waals surface area contributed by atoms with Gasteiger partial charge in [-0.1, -0.05) is 0 Å². The first-order valence-corrected chi connectivity index (χ1v) is 5.42. The molecule has 1 fully saturated rings. The number of rotatable bonds is 2. The highest BCUT2D eigenvalue weighted by atomic mass is 16.1. The van der Waals surface area contributed by atoms with Crippen molar-refractivity contribution in [3.63, 3.8) is 0 Å². The standard InChI is InChI=1S/C11H12N4O/c16-7-8-3-5-15-10(6-8)13-14-11(15)9-2-1-4-12-9/h3,5-7,9,12H,1-2,4H2. The van der Waals surface area contributed by atoms with Gasteiger partial charge in [-0.15, -0.1) is 10.2 Å². The summed E-state index contributed by atoms with van der Waals surface area (Å²) >= 11 is 0. The molecule has 0 aromatic carbocycles. The number of pyridine rings is 1. The first-order valence-electron chi connectivity index (χ1n) is 5.42. The summed E-state index contributed by atoms with van der Waals surface area (Å²) in [6, 6.07) is 3.82. The number of carbonyl (C=O) groups is 1. The number of aromatic nitrogens is 3. The number of fused-ring (bicyclic) bond motifs is 1. The predicted octanol–water partition coefficient (Wildman–Crippen LogP) is 0.966. The molecule has 3 rings (SSSR count). The summed E-state index contributed by atoms with van der Waals surface area (Å²) in [5, 5.41) is 11.7. The Morgan fingerprint density at radius 1 is 1.50 bits per heavy atom. The molecule has 0 radical (unpaired) electrons. The molecule has 0 bridgehead atoms. The highest BCUT2D eigenvalue weighted by Gasteiger charge is 2.21. The van der Waals surface area contributed by atoms with Crippen molar-refractivity contribution < 1.29 is 4.79 Å². The SMILES string of the molecule is O=Cc1ccn2c(C3CCCN3)nnc2c1. The van der Waals surface area contributed by atoms with E-state index in [0.29, 0.717) is 5.56 Å². The fourth-order valence-electron chi connectivity index (χ4n) is 2.14. The third-order valence-electron chi connectivity index (χ3n) is 2.97. The van der Waals surface area contributed by atoms with E-state index in [0.717, 1.165) is 30.7 Å². The van der Waals surface area contributed by atoms with Crippen molar-refractivity contribution in [2.45, 2.75) is 18.9 Å². The first kappa shape index (κ1) is 9.47. The zero-order valence-electron chi connectivity index (χ0n) is 8.76. The van der Waals surface area contributed by atoms with E-state index < -0.39 is 0 Å². The van der Waals surface area contributed by atoms with Gasteiger partial charge >= 0.3 is 0 Å². The smallest absolute Gasteiger partial charge is 0.161 e. The summed E-state index contributed by atoms with van der Waals surface area (Å²) in [6.07, 6.45) is 4.94. The Labute approximate surface area is 92.5 Å². The second-order valence-electron chi connectivity index (χ2n) is 4.01. The highest BCUT2D eigenvalue weighted by Crippen LogP contribution is 2.21. The Kier molecular flexibility index (Phi) is 2.18. The molecule has 1 N–H and O–H groups in total. The molecule has 0 aliphatic carbocycles. The van der Waals surface area contributed by atoms with Gasteiger partial charge in [0.2, 0.25) is 0 Å². The van der Waals surface area contributed by atoms with Gasteiger partial charge in [0, 0.05) is 11.8 Å². The minimum Gasteiger partial charge on any atom is -0.307 e. The first-order chi connectivity index (χ1) is 7.88. The fourth-order valence-corrected chi connectivity index (χ4v) is 2.14. The van der Waals surface area contributed by atoms with Gasteiger partial charge < -0.3 is 5.32 Å². The number of nitrogens with zero attached hydrogens (tertiary/aromatic N) is 3. The fraction of sp³-hybridized carbons (Fsp3) is 0.364. The minimum absolute atomic E-state index is 0.289. The molecule has 82 valence electrons. The molecule has 0 amide bonds. The lowest BCUT2D eigenvalue weighted by Crippen LogP contribution is -2.15. The summed E-state index contributed by atoms with van der Waals surface area (Å²) in [7, 11) is 0. The van der Waals surface area contributed by atoms with Crippen molar-refractivity contribution in [1.29, 1.82) is 0 Å². The molecule has 1 aliphatic heterocycles. The predicted molar refractivity (Wildman–Crippen MR) is 58.4 cm³/mol. The Hall–Kier alpha value is -1.75. The van der Waals surface area contributed by atoms with Gasteiger partial charge in [0.1, 0.15) is 6.29 Å². The van der Waals surface area contributed by atoms with E-state index in [2.05, 4.69) is 15.5 Å². The largest absolute Gasteiger partial charge is 0.307 e. The average molecular weight is 216 g/mol. The average Bonchev–Trinajstić information content (AvgIpc) is 2.96. The van der Waals surface area contributed by atoms with Gasteiger partial charge in [-0.05, 0) is 31.5 Å². The highest BCUT2D eigenvalue weighted by molar-refractivity contribution is 5.76. The van der Waals surface area contributed by atoms with Crippen molar-refractivity contribution in [3.05, 3.63) is 29.7 Å². The number of nitrogens with one attached hydrogen (secondary N) is 1. The van der Waals surface area contributed by atoms with E-state index in [9.17, 15) is 4.79 Å². The monoisotopic (exact) mass is 216 g/mol. The van der Waals surface area contributed by atoms with Crippen LogP contribution in [0.5, 0.6) is 0 Å². The van der Waals surface area contributed by atoms with Crippen LogP contribution in [0.2, 0.25) is 0 Å². The number of hydrogen-bond donors (Lipinski definition) is 1. The van der Waals surface area contributed by atoms with Crippen molar-refractivity contribution in [2.75, 3.05) is 6.54 Å². The topological polar surface area (TPSA) is 59.3 Å². The third-order valence-corrected chi connectivity index (χ3v) is 2.97. The van der Waals surface area contributed by atoms with Crippen LogP contribution in [0.25, 0.3) is 5.65 Å². The van der Waals surface area contributed by atoms with Gasteiger partial charge in [0.25, 0.3) is 0 Å². The molecule has 1 saturated heterocycles. The van der Waals surface area contributed by atoms with E-state index >= 15 is 0 Å². The molecule has 0 saturated carbocycles. The maximum Gasteiger partial charge on any atom is 0.161 e. The van der Waals surface area contributed by atoms with Crippen LogP contribution >= 0.6 is 0 Å². The Morgan fingerprint density at radius 2 is 2.44 bits per heavy atom. The maximum absolute atomic E-state index is 10.6. The van der Waals surface area contributed by atoms with E-state index in [1.54, 1.807) is 12.1 Å². The second-order valence-corrected chi connectivity index (χ2v) is 4.01. The molecule has 16 heavy (non-hydrogen) atoms. The lowest BCUT2D eigenvalue weighted by atomic mass is 10.2. The molecular weight excluding hydrogens is 204 g/mol. The molecule has 0 spiro atoms. The lowest BCUT2D eigenvalue weighted by molar-refractivity contribution is 0.112. The minimum atomic E-state index is 0.289. The summed E-state index contributed by atoms with van der Waals surface area (Å²) in [4.78, 5) is 10.6. The number of hydrogen-bond acceptors (Lipinski definition) is 4. The Bertz CT molecular complexity index is 528. The van der Waals surface area contributed by atoms with Crippen molar-refractivity contribution in [1.82, 2.24) is 19.9 Å². The summed E-state index contributed by atoms with van der Waals surface area (Å²) < 4.78 is 1.94. The van der Waals surface area contributed by atoms with Crippen LogP contribution in [0, 0.1) is 0 Å². The van der Waals surface area contributed by atoms with E-state index in [1.807, 2.05) is 10.6 Å². The molecule has 5 heteroatoms. The molecule has 1 aliphatic rings. The zero-order chi connectivity index (χ0) is 11.0. The van der Waals surface area contributed by atoms with Crippen LogP contribution in [-0.4, -0.2) is 27.4 Å². The molecular formula is C11H12N4O. The molecule has 2 aromatic rings. The van der Waals surface area contributed by atoms with Crippen molar-refractivity contribution >= 4 is 11.9 Å². The van der Waals surface area contributed by atoms with Gasteiger partial charge in [0.05, 0.1) is 6.04 Å². The summed E-state index contributed by atoms with van der Waals surface area (Å²) in [6.45, 7) is 1.03. The second kappa shape index (κ2) is 3.68. The normalized spacial score (nSPS) is 20.4.